The number of esters is 1. The van der Waals surface area contributed by atoms with Gasteiger partial charge in [-0.1, -0.05) is 66.3 Å². The van der Waals surface area contributed by atoms with Crippen LogP contribution in [0.25, 0.3) is 0 Å². The first-order chi connectivity index (χ1) is 13.0. The van der Waals surface area contributed by atoms with Crippen LogP contribution in [0.3, 0.4) is 0 Å². The van der Waals surface area contributed by atoms with E-state index in [2.05, 4.69) is 54.0 Å². The van der Waals surface area contributed by atoms with Gasteiger partial charge in [-0.3, -0.25) is 4.79 Å². The Morgan fingerprint density at radius 2 is 2.22 bits per heavy atom. The van der Waals surface area contributed by atoms with Crippen molar-refractivity contribution in [3.8, 4) is 0 Å². The van der Waals surface area contributed by atoms with Crippen LogP contribution in [0, 0.1) is 17.8 Å². The number of unbranched alkanes of at least 4 members (excludes halogenated alkanes) is 2. The van der Waals surface area contributed by atoms with Crippen LogP contribution in [0.4, 0.5) is 0 Å². The fourth-order valence-electron chi connectivity index (χ4n) is 4.45. The van der Waals surface area contributed by atoms with E-state index in [1.54, 1.807) is 0 Å². The maximum atomic E-state index is 12.1. The zero-order valence-electron chi connectivity index (χ0n) is 17.3. The van der Waals surface area contributed by atoms with Crippen molar-refractivity contribution in [3.05, 3.63) is 24.3 Å². The summed E-state index contributed by atoms with van der Waals surface area (Å²) in [6, 6.07) is 0. The fraction of sp³-hybridized carbons (Fsp3) is 0.773. The van der Waals surface area contributed by atoms with Crippen LogP contribution < -0.4 is 0 Å². The Balaban J connectivity index is 2.12. The first-order valence-electron chi connectivity index (χ1n) is 10.7. The summed E-state index contributed by atoms with van der Waals surface area (Å²) in [5.41, 5.74) is -0.199. The van der Waals surface area contributed by atoms with Gasteiger partial charge in [0.2, 0.25) is 0 Å². The Hall–Kier alpha value is -0.230. The number of carbonyl (C=O) groups excluding carboxylic acids is 1. The van der Waals surface area contributed by atoms with Gasteiger partial charge in [0.25, 0.3) is 0 Å². The highest BCUT2D eigenvalue weighted by atomic mass is 32.0. The van der Waals surface area contributed by atoms with E-state index in [1.807, 2.05) is 0 Å². The molecule has 0 bridgehead atoms. The Morgan fingerprint density at radius 3 is 2.96 bits per heavy atom. The van der Waals surface area contributed by atoms with Crippen LogP contribution in [0.2, 0.25) is 0 Å². The van der Waals surface area contributed by atoms with Crippen molar-refractivity contribution < 1.29 is 14.1 Å². The number of ether oxygens (including phenoxy) is 1. The Bertz CT molecular complexity index is 520. The number of fused-ring (bicyclic) bond motifs is 1. The van der Waals surface area contributed by atoms with Crippen LogP contribution in [0.5, 0.6) is 0 Å². The van der Waals surface area contributed by atoms with Crippen molar-refractivity contribution in [1.82, 2.24) is 0 Å². The third-order valence-electron chi connectivity index (χ3n) is 6.08. The fourth-order valence-corrected chi connectivity index (χ4v) is 5.70. The standard InChI is InChI=1S/C22H38O3P2/c1-4-5-10-14-22(3,25-27-26)15-13-18-17(2)16-20-19(18)11-8-6-7-9-12-21(23)24-20/h6,8,13,15,17-20,27H,4-5,7,9-12,14,16,26H2,1-3H3/b8-6-,15-13+/t17-,18+,19-,20+,22?/m1/s1. The molecule has 0 aromatic rings. The van der Waals surface area contributed by atoms with Crippen LogP contribution in [-0.4, -0.2) is 17.7 Å². The molecule has 1 saturated carbocycles. The minimum atomic E-state index is -0.199. The van der Waals surface area contributed by atoms with Gasteiger partial charge in [0, 0.05) is 20.8 Å². The smallest absolute Gasteiger partial charge is 0.306 e. The Kier molecular flexibility index (Phi) is 9.98. The van der Waals surface area contributed by atoms with Gasteiger partial charge in [0.15, 0.2) is 0 Å². The third-order valence-corrected chi connectivity index (χ3v) is 7.02. The molecular weight excluding hydrogens is 374 g/mol. The molecule has 2 rings (SSSR count). The molecule has 0 aromatic heterocycles. The molecule has 154 valence electrons. The van der Waals surface area contributed by atoms with Crippen molar-refractivity contribution in [2.45, 2.75) is 90.3 Å². The molecule has 0 aromatic carbocycles. The second-order valence-electron chi connectivity index (χ2n) is 8.43. The van der Waals surface area contributed by atoms with E-state index in [-0.39, 0.29) is 17.7 Å². The zero-order chi connectivity index (χ0) is 19.7. The second-order valence-corrected chi connectivity index (χ2v) is 9.58. The summed E-state index contributed by atoms with van der Waals surface area (Å²) in [5, 5.41) is 0. The van der Waals surface area contributed by atoms with E-state index >= 15 is 0 Å². The summed E-state index contributed by atoms with van der Waals surface area (Å²) < 4.78 is 12.0. The first-order valence-corrected chi connectivity index (χ1v) is 13.4. The minimum Gasteiger partial charge on any atom is -0.462 e. The third kappa shape index (κ3) is 7.26. The highest BCUT2D eigenvalue weighted by Gasteiger charge is 2.41. The molecule has 1 aliphatic carbocycles. The van der Waals surface area contributed by atoms with Crippen molar-refractivity contribution in [3.63, 3.8) is 0 Å². The molecule has 3 nitrogen and oxygen atoms in total. The van der Waals surface area contributed by atoms with Gasteiger partial charge in [-0.05, 0) is 50.9 Å². The van der Waals surface area contributed by atoms with E-state index < -0.39 is 0 Å². The monoisotopic (exact) mass is 412 g/mol. The maximum absolute atomic E-state index is 12.1. The lowest BCUT2D eigenvalue weighted by molar-refractivity contribution is -0.151. The second kappa shape index (κ2) is 11.7. The zero-order valence-corrected chi connectivity index (χ0v) is 19.4. The van der Waals surface area contributed by atoms with Gasteiger partial charge in [-0.2, -0.15) is 0 Å². The largest absolute Gasteiger partial charge is 0.462 e. The average molecular weight is 412 g/mol. The first kappa shape index (κ1) is 23.1. The molecule has 1 fully saturated rings. The van der Waals surface area contributed by atoms with Gasteiger partial charge in [-0.15, -0.1) is 0 Å². The molecule has 7 atom stereocenters. The summed E-state index contributed by atoms with van der Waals surface area (Å²) in [4.78, 5) is 12.1. The summed E-state index contributed by atoms with van der Waals surface area (Å²) in [7, 11) is 3.12. The minimum absolute atomic E-state index is 0.0194. The lowest BCUT2D eigenvalue weighted by atomic mass is 9.85. The average Bonchev–Trinajstić information content (AvgIpc) is 2.91. The van der Waals surface area contributed by atoms with E-state index in [4.69, 9.17) is 9.26 Å². The number of allylic oxidation sites excluding steroid dienone is 3. The molecule has 2 aliphatic rings. The molecule has 1 heterocycles. The molecular formula is C22H38O3P2. The molecule has 0 radical (unpaired) electrons. The van der Waals surface area contributed by atoms with Gasteiger partial charge in [-0.25, -0.2) is 0 Å². The van der Waals surface area contributed by atoms with Crippen molar-refractivity contribution >= 4 is 23.4 Å². The molecule has 0 amide bonds. The normalized spacial score (nSPS) is 33.1. The number of carbonyl (C=O) groups is 1. The van der Waals surface area contributed by atoms with Gasteiger partial charge in [0.05, 0.1) is 5.60 Å². The topological polar surface area (TPSA) is 35.5 Å². The summed E-state index contributed by atoms with van der Waals surface area (Å²) in [6.07, 6.45) is 18.4. The van der Waals surface area contributed by atoms with Crippen LogP contribution in [0.1, 0.15) is 78.6 Å². The number of hydrogen-bond acceptors (Lipinski definition) is 3. The van der Waals surface area contributed by atoms with Crippen LogP contribution in [-0.2, 0) is 14.1 Å². The van der Waals surface area contributed by atoms with E-state index in [9.17, 15) is 4.79 Å². The lowest BCUT2D eigenvalue weighted by Gasteiger charge is -2.28. The molecule has 0 N–H and O–H groups in total. The molecule has 5 heteroatoms. The Labute approximate surface area is 170 Å². The molecule has 3 unspecified atom stereocenters. The highest BCUT2D eigenvalue weighted by molar-refractivity contribution is 8.00. The maximum Gasteiger partial charge on any atom is 0.306 e. The van der Waals surface area contributed by atoms with Crippen molar-refractivity contribution in [1.29, 1.82) is 0 Å². The number of hydrogen-bond donors (Lipinski definition) is 0. The molecule has 1 aliphatic heterocycles. The van der Waals surface area contributed by atoms with E-state index in [0.717, 1.165) is 32.1 Å². The quantitative estimate of drug-likeness (QED) is 0.195. The van der Waals surface area contributed by atoms with E-state index in [1.165, 1.54) is 19.3 Å². The number of rotatable bonds is 8. The van der Waals surface area contributed by atoms with Crippen molar-refractivity contribution in [2.75, 3.05) is 0 Å². The van der Waals surface area contributed by atoms with E-state index in [0.29, 0.717) is 32.7 Å². The molecule has 0 spiro atoms. The lowest BCUT2D eigenvalue weighted by Crippen LogP contribution is -2.26. The van der Waals surface area contributed by atoms with Gasteiger partial charge >= 0.3 is 5.97 Å². The Morgan fingerprint density at radius 1 is 1.41 bits per heavy atom. The van der Waals surface area contributed by atoms with Gasteiger partial charge in [0.1, 0.15) is 6.10 Å². The highest BCUT2D eigenvalue weighted by Crippen LogP contribution is 2.43. The summed E-state index contributed by atoms with van der Waals surface area (Å²) in [6.45, 7) is 6.74. The van der Waals surface area contributed by atoms with Crippen molar-refractivity contribution in [2.24, 2.45) is 17.8 Å². The predicted octanol–water partition coefficient (Wildman–Crippen LogP) is 6.60. The molecule has 27 heavy (non-hydrogen) atoms. The summed E-state index contributed by atoms with van der Waals surface area (Å²) >= 11 is 0. The van der Waals surface area contributed by atoms with Crippen LogP contribution in [0.15, 0.2) is 24.3 Å². The predicted molar refractivity (Wildman–Crippen MR) is 119 cm³/mol. The molecule has 0 saturated heterocycles. The SMILES string of the molecule is CCCCCC(C)(/C=C/[C@@H]1[C@H]2C/C=C\CCCC(=O)O[C@H]2C[C@H]1C)OPP. The van der Waals surface area contributed by atoms with Crippen LogP contribution >= 0.6 is 17.4 Å². The van der Waals surface area contributed by atoms with Gasteiger partial charge < -0.3 is 9.26 Å². The summed E-state index contributed by atoms with van der Waals surface area (Å²) in [5.74, 6) is 1.33.